The fourth-order valence-electron chi connectivity index (χ4n) is 3.95. The third-order valence-electron chi connectivity index (χ3n) is 5.51. The van der Waals surface area contributed by atoms with E-state index in [1.807, 2.05) is 36.4 Å². The molecule has 5 rings (SSSR count). The zero-order chi connectivity index (χ0) is 20.3. The molecule has 4 heterocycles. The number of hydrogen-bond donors (Lipinski definition) is 0. The van der Waals surface area contributed by atoms with Gasteiger partial charge in [0.2, 0.25) is 5.88 Å². The molecule has 154 valence electrons. The highest BCUT2D eigenvalue weighted by atomic mass is 16.5. The number of fused-ring (bicyclic) bond motifs is 3. The second kappa shape index (κ2) is 8.28. The van der Waals surface area contributed by atoms with Gasteiger partial charge in [-0.25, -0.2) is 4.79 Å². The highest BCUT2D eigenvalue weighted by Gasteiger charge is 2.21. The maximum atomic E-state index is 12.5. The van der Waals surface area contributed by atoms with E-state index in [2.05, 4.69) is 9.97 Å². The van der Waals surface area contributed by atoms with Gasteiger partial charge in [-0.3, -0.25) is 9.55 Å². The van der Waals surface area contributed by atoms with E-state index in [1.165, 1.54) is 0 Å². The SMILES string of the molecule is O=c1nc(OCC2CCCO2)cc2n1CCc1cc(OCc3cccnc3)ccc1-2. The van der Waals surface area contributed by atoms with Crippen LogP contribution < -0.4 is 15.2 Å². The molecule has 0 N–H and O–H groups in total. The molecule has 7 heteroatoms. The van der Waals surface area contributed by atoms with Gasteiger partial charge < -0.3 is 14.2 Å². The van der Waals surface area contributed by atoms with Gasteiger partial charge in [-0.15, -0.1) is 0 Å². The van der Waals surface area contributed by atoms with E-state index in [4.69, 9.17) is 14.2 Å². The molecule has 1 atom stereocenters. The Morgan fingerprint density at radius 3 is 3.00 bits per heavy atom. The van der Waals surface area contributed by atoms with Crippen LogP contribution in [0.15, 0.2) is 53.6 Å². The van der Waals surface area contributed by atoms with Crippen molar-refractivity contribution in [2.75, 3.05) is 13.2 Å². The molecule has 0 spiro atoms. The third-order valence-corrected chi connectivity index (χ3v) is 5.51. The van der Waals surface area contributed by atoms with Gasteiger partial charge in [-0.05, 0) is 49.1 Å². The molecule has 1 unspecified atom stereocenters. The van der Waals surface area contributed by atoms with Crippen LogP contribution in [0.4, 0.5) is 0 Å². The average Bonchev–Trinajstić information content (AvgIpc) is 3.30. The second-order valence-electron chi connectivity index (χ2n) is 7.58. The summed E-state index contributed by atoms with van der Waals surface area (Å²) in [5.74, 6) is 1.16. The molecule has 2 aliphatic rings. The van der Waals surface area contributed by atoms with Gasteiger partial charge in [0, 0.05) is 42.7 Å². The van der Waals surface area contributed by atoms with Crippen LogP contribution in [0.25, 0.3) is 11.3 Å². The Kier molecular flexibility index (Phi) is 5.19. The standard InChI is InChI=1S/C23H23N3O4/c27-23-25-22(30-15-19-4-2-10-28-19)12-21-20-6-5-18(11-17(20)7-9-26(21)23)29-14-16-3-1-8-24-13-16/h1,3,5-6,8,11-13,19H,2,4,7,9-10,14-15H2. The monoisotopic (exact) mass is 405 g/mol. The molecule has 1 fully saturated rings. The van der Waals surface area contributed by atoms with Crippen LogP contribution in [0.3, 0.4) is 0 Å². The number of aromatic nitrogens is 3. The van der Waals surface area contributed by atoms with Crippen LogP contribution in [0.2, 0.25) is 0 Å². The maximum absolute atomic E-state index is 12.5. The lowest BCUT2D eigenvalue weighted by Crippen LogP contribution is -2.29. The number of ether oxygens (including phenoxy) is 3. The fourth-order valence-corrected chi connectivity index (χ4v) is 3.95. The first kappa shape index (κ1) is 18.8. The Bertz CT molecular complexity index is 1090. The molecule has 0 saturated carbocycles. The van der Waals surface area contributed by atoms with E-state index < -0.39 is 0 Å². The minimum atomic E-state index is -0.280. The number of pyridine rings is 1. The van der Waals surface area contributed by atoms with Crippen molar-refractivity contribution in [1.29, 1.82) is 0 Å². The highest BCUT2D eigenvalue weighted by Crippen LogP contribution is 2.32. The lowest BCUT2D eigenvalue weighted by Gasteiger charge is -2.22. The molecule has 0 amide bonds. The van der Waals surface area contributed by atoms with E-state index in [0.29, 0.717) is 25.6 Å². The fraction of sp³-hybridized carbons (Fsp3) is 0.348. The van der Waals surface area contributed by atoms with Crippen molar-refractivity contribution >= 4 is 0 Å². The summed E-state index contributed by atoms with van der Waals surface area (Å²) in [4.78, 5) is 20.7. The topological polar surface area (TPSA) is 75.5 Å². The van der Waals surface area contributed by atoms with Gasteiger partial charge in [0.25, 0.3) is 0 Å². The van der Waals surface area contributed by atoms with Crippen molar-refractivity contribution in [3.8, 4) is 22.9 Å². The Labute approximate surface area is 174 Å². The van der Waals surface area contributed by atoms with E-state index in [1.54, 1.807) is 17.0 Å². The quantitative estimate of drug-likeness (QED) is 0.628. The summed E-state index contributed by atoms with van der Waals surface area (Å²) in [5, 5.41) is 0. The van der Waals surface area contributed by atoms with Crippen molar-refractivity contribution < 1.29 is 14.2 Å². The van der Waals surface area contributed by atoms with Gasteiger partial charge in [-0.1, -0.05) is 6.07 Å². The molecule has 3 aromatic rings. The number of rotatable bonds is 6. The van der Waals surface area contributed by atoms with Crippen molar-refractivity contribution in [1.82, 2.24) is 14.5 Å². The van der Waals surface area contributed by atoms with Crippen molar-refractivity contribution in [3.63, 3.8) is 0 Å². The van der Waals surface area contributed by atoms with E-state index in [0.717, 1.165) is 54.0 Å². The minimum absolute atomic E-state index is 0.0809. The van der Waals surface area contributed by atoms with Gasteiger partial charge in [0.05, 0.1) is 11.8 Å². The molecule has 0 radical (unpaired) electrons. The molecule has 2 aromatic heterocycles. The van der Waals surface area contributed by atoms with Gasteiger partial charge >= 0.3 is 5.69 Å². The van der Waals surface area contributed by atoms with Gasteiger partial charge in [0.15, 0.2) is 0 Å². The Balaban J connectivity index is 1.36. The molecule has 1 saturated heterocycles. The van der Waals surface area contributed by atoms with Gasteiger partial charge in [-0.2, -0.15) is 4.98 Å². The van der Waals surface area contributed by atoms with E-state index >= 15 is 0 Å². The van der Waals surface area contributed by atoms with Gasteiger partial charge in [0.1, 0.15) is 19.0 Å². The van der Waals surface area contributed by atoms with Crippen LogP contribution in [-0.4, -0.2) is 33.9 Å². The van der Waals surface area contributed by atoms with Crippen molar-refractivity contribution in [3.05, 3.63) is 70.4 Å². The number of benzene rings is 1. The van der Waals surface area contributed by atoms with E-state index in [-0.39, 0.29) is 11.8 Å². The Morgan fingerprint density at radius 1 is 1.20 bits per heavy atom. The summed E-state index contributed by atoms with van der Waals surface area (Å²) in [6, 6.07) is 11.7. The normalized spacial score (nSPS) is 17.3. The zero-order valence-corrected chi connectivity index (χ0v) is 16.6. The molecule has 7 nitrogen and oxygen atoms in total. The first-order valence-electron chi connectivity index (χ1n) is 10.3. The van der Waals surface area contributed by atoms with Crippen LogP contribution in [0.1, 0.15) is 24.0 Å². The predicted molar refractivity (Wildman–Crippen MR) is 111 cm³/mol. The van der Waals surface area contributed by atoms with Crippen molar-refractivity contribution in [2.45, 2.75) is 38.5 Å². The van der Waals surface area contributed by atoms with Crippen molar-refractivity contribution in [2.24, 2.45) is 0 Å². The first-order valence-corrected chi connectivity index (χ1v) is 10.3. The minimum Gasteiger partial charge on any atom is -0.489 e. The van der Waals surface area contributed by atoms with E-state index in [9.17, 15) is 4.79 Å². The first-order chi connectivity index (χ1) is 14.8. The lowest BCUT2D eigenvalue weighted by atomic mass is 9.97. The molecule has 2 aliphatic heterocycles. The summed E-state index contributed by atoms with van der Waals surface area (Å²) < 4.78 is 19.0. The number of aryl methyl sites for hydroxylation is 1. The Hall–Kier alpha value is -3.19. The summed E-state index contributed by atoms with van der Waals surface area (Å²) >= 11 is 0. The van der Waals surface area contributed by atoms with Crippen LogP contribution >= 0.6 is 0 Å². The molecule has 1 aromatic carbocycles. The smallest absolute Gasteiger partial charge is 0.351 e. The molecular weight excluding hydrogens is 382 g/mol. The molecule has 0 bridgehead atoms. The average molecular weight is 405 g/mol. The lowest BCUT2D eigenvalue weighted by molar-refractivity contribution is 0.0661. The molecular formula is C23H23N3O4. The summed E-state index contributed by atoms with van der Waals surface area (Å²) in [7, 11) is 0. The maximum Gasteiger partial charge on any atom is 0.351 e. The second-order valence-corrected chi connectivity index (χ2v) is 7.58. The molecule has 0 aliphatic carbocycles. The number of nitrogens with zero attached hydrogens (tertiary/aromatic N) is 3. The zero-order valence-electron chi connectivity index (χ0n) is 16.6. The summed E-state index contributed by atoms with van der Waals surface area (Å²) in [6.45, 7) is 2.25. The molecule has 30 heavy (non-hydrogen) atoms. The third kappa shape index (κ3) is 3.93. The summed E-state index contributed by atoms with van der Waals surface area (Å²) in [6.07, 6.45) is 6.41. The number of hydrogen-bond acceptors (Lipinski definition) is 6. The predicted octanol–water partition coefficient (Wildman–Crippen LogP) is 3.00. The summed E-state index contributed by atoms with van der Waals surface area (Å²) in [5.41, 5.74) is 3.73. The van der Waals surface area contributed by atoms with Crippen LogP contribution in [-0.2, 0) is 24.3 Å². The van der Waals surface area contributed by atoms with Crippen LogP contribution in [0.5, 0.6) is 11.6 Å². The Morgan fingerprint density at radius 2 is 2.17 bits per heavy atom. The highest BCUT2D eigenvalue weighted by molar-refractivity contribution is 5.67. The largest absolute Gasteiger partial charge is 0.489 e. The van der Waals surface area contributed by atoms with Crippen LogP contribution in [0, 0.1) is 0 Å².